The van der Waals surface area contributed by atoms with Gasteiger partial charge in [0.1, 0.15) is 11.3 Å². The van der Waals surface area contributed by atoms with Gasteiger partial charge in [-0.2, -0.15) is 5.10 Å². The third kappa shape index (κ3) is 4.09. The van der Waals surface area contributed by atoms with E-state index in [2.05, 4.69) is 10.1 Å². The van der Waals surface area contributed by atoms with Crippen LogP contribution in [0.15, 0.2) is 60.7 Å². The van der Waals surface area contributed by atoms with E-state index >= 15 is 0 Å². The highest BCUT2D eigenvalue weighted by Crippen LogP contribution is 2.32. The number of carbonyl (C=O) groups is 1. The Hall–Kier alpha value is -3.65. The number of aromatic nitrogens is 3. The minimum atomic E-state index is -0.746. The van der Waals surface area contributed by atoms with E-state index in [1.54, 1.807) is 6.07 Å². The number of amides is 1. The average Bonchev–Trinajstić information content (AvgIpc) is 3.35. The quantitative estimate of drug-likeness (QED) is 0.327. The average molecular weight is 463 g/mol. The van der Waals surface area contributed by atoms with Crippen molar-refractivity contribution in [3.05, 3.63) is 89.2 Å². The Balaban J connectivity index is 1.55. The molecular formula is C25H20F2N4OS. The molecular weight excluding hydrogens is 442 g/mol. The molecule has 0 aliphatic carbocycles. The van der Waals surface area contributed by atoms with Crippen LogP contribution in [0, 0.1) is 25.5 Å². The molecule has 8 heteroatoms. The van der Waals surface area contributed by atoms with Crippen molar-refractivity contribution in [2.75, 3.05) is 11.4 Å². The molecule has 0 saturated heterocycles. The predicted molar refractivity (Wildman–Crippen MR) is 127 cm³/mol. The first-order valence-electron chi connectivity index (χ1n) is 10.5. The number of thiazole rings is 1. The fourth-order valence-corrected chi connectivity index (χ4v) is 4.95. The first-order valence-corrected chi connectivity index (χ1v) is 11.3. The number of fused-ring (bicyclic) bond motifs is 2. The zero-order valence-corrected chi connectivity index (χ0v) is 18.9. The summed E-state index contributed by atoms with van der Waals surface area (Å²) in [5.41, 5.74) is 2.41. The molecule has 0 spiro atoms. The van der Waals surface area contributed by atoms with E-state index in [1.807, 2.05) is 61.0 Å². The molecule has 2 heterocycles. The van der Waals surface area contributed by atoms with Gasteiger partial charge in [-0.25, -0.2) is 13.8 Å². The molecule has 5 nitrogen and oxygen atoms in total. The highest BCUT2D eigenvalue weighted by Gasteiger charge is 2.23. The highest BCUT2D eigenvalue weighted by molar-refractivity contribution is 7.22. The lowest BCUT2D eigenvalue weighted by molar-refractivity contribution is 0.0986. The summed E-state index contributed by atoms with van der Waals surface area (Å²) in [6, 6.07) is 17.3. The van der Waals surface area contributed by atoms with Crippen LogP contribution >= 0.6 is 11.3 Å². The number of hydrogen-bond acceptors (Lipinski definition) is 4. The van der Waals surface area contributed by atoms with Gasteiger partial charge in [-0.15, -0.1) is 0 Å². The van der Waals surface area contributed by atoms with E-state index in [0.717, 1.165) is 39.6 Å². The smallest absolute Gasteiger partial charge is 0.260 e. The van der Waals surface area contributed by atoms with Crippen LogP contribution in [-0.2, 0) is 6.54 Å². The Morgan fingerprint density at radius 2 is 1.82 bits per heavy atom. The fourth-order valence-electron chi connectivity index (χ4n) is 3.92. The van der Waals surface area contributed by atoms with E-state index in [1.165, 1.54) is 11.0 Å². The summed E-state index contributed by atoms with van der Waals surface area (Å²) in [6.07, 6.45) is 0. The van der Waals surface area contributed by atoms with Crippen LogP contribution in [0.1, 0.15) is 21.7 Å². The Bertz CT molecular complexity index is 1510. The predicted octanol–water partition coefficient (Wildman–Crippen LogP) is 5.89. The van der Waals surface area contributed by atoms with Crippen molar-refractivity contribution in [3.63, 3.8) is 0 Å². The minimum Gasteiger partial charge on any atom is -0.282 e. The van der Waals surface area contributed by atoms with E-state index in [9.17, 15) is 13.6 Å². The van der Waals surface area contributed by atoms with Crippen LogP contribution in [0.5, 0.6) is 0 Å². The molecule has 0 saturated carbocycles. The Morgan fingerprint density at radius 3 is 2.58 bits per heavy atom. The van der Waals surface area contributed by atoms with Crippen LogP contribution < -0.4 is 4.90 Å². The van der Waals surface area contributed by atoms with Gasteiger partial charge in [-0.1, -0.05) is 41.7 Å². The fraction of sp³-hybridized carbons (Fsp3) is 0.160. The lowest BCUT2D eigenvalue weighted by Gasteiger charge is -2.20. The number of aryl methyl sites for hydroxylation is 2. The maximum absolute atomic E-state index is 14.3. The van der Waals surface area contributed by atoms with Crippen molar-refractivity contribution >= 4 is 43.4 Å². The molecule has 33 heavy (non-hydrogen) atoms. The van der Waals surface area contributed by atoms with Gasteiger partial charge in [0.25, 0.3) is 5.91 Å². The standard InChI is InChI=1S/C25H20F2N4OS/c1-15-11-16(2)31(29-15)10-9-30(25-28-23-21(27)13-20(26)14-22(23)33-25)24(32)19-8-7-17-5-3-4-6-18(17)12-19/h3-8,11-14H,9-10H2,1-2H3. The number of halogens is 2. The number of nitrogens with zero attached hydrogens (tertiary/aromatic N) is 4. The second-order valence-corrected chi connectivity index (χ2v) is 8.91. The van der Waals surface area contributed by atoms with E-state index in [-0.39, 0.29) is 18.0 Å². The Labute approximate surface area is 192 Å². The van der Waals surface area contributed by atoms with E-state index in [4.69, 9.17) is 0 Å². The van der Waals surface area contributed by atoms with Crippen molar-refractivity contribution in [2.24, 2.45) is 0 Å². The number of benzene rings is 3. The number of hydrogen-bond donors (Lipinski definition) is 0. The first-order chi connectivity index (χ1) is 15.9. The van der Waals surface area contributed by atoms with Gasteiger partial charge in [0.2, 0.25) is 0 Å². The zero-order valence-electron chi connectivity index (χ0n) is 18.0. The molecule has 5 rings (SSSR count). The van der Waals surface area contributed by atoms with Crippen LogP contribution in [0.3, 0.4) is 0 Å². The molecule has 0 atom stereocenters. The zero-order chi connectivity index (χ0) is 23.1. The number of carbonyl (C=O) groups excluding carboxylic acids is 1. The molecule has 0 N–H and O–H groups in total. The largest absolute Gasteiger partial charge is 0.282 e. The van der Waals surface area contributed by atoms with Crippen molar-refractivity contribution in [3.8, 4) is 0 Å². The van der Waals surface area contributed by atoms with Crippen molar-refractivity contribution in [1.82, 2.24) is 14.8 Å². The second kappa shape index (κ2) is 8.37. The monoisotopic (exact) mass is 462 g/mol. The van der Waals surface area contributed by atoms with Crippen LogP contribution in [0.2, 0.25) is 0 Å². The molecule has 0 radical (unpaired) electrons. The molecule has 0 fully saturated rings. The molecule has 3 aromatic carbocycles. The summed E-state index contributed by atoms with van der Waals surface area (Å²) in [6.45, 7) is 4.57. The molecule has 2 aromatic heterocycles. The molecule has 5 aromatic rings. The normalized spacial score (nSPS) is 11.4. The van der Waals surface area contributed by atoms with Crippen molar-refractivity contribution in [1.29, 1.82) is 0 Å². The summed E-state index contributed by atoms with van der Waals surface area (Å²) < 4.78 is 30.2. The molecule has 166 valence electrons. The molecule has 0 aliphatic rings. The Morgan fingerprint density at radius 1 is 1.03 bits per heavy atom. The molecule has 1 amide bonds. The van der Waals surface area contributed by atoms with Gasteiger partial charge in [0.05, 0.1) is 16.9 Å². The highest BCUT2D eigenvalue weighted by atomic mass is 32.1. The minimum absolute atomic E-state index is 0.0545. The van der Waals surface area contributed by atoms with Gasteiger partial charge < -0.3 is 0 Å². The van der Waals surface area contributed by atoms with Gasteiger partial charge in [0.15, 0.2) is 10.9 Å². The topological polar surface area (TPSA) is 51.0 Å². The van der Waals surface area contributed by atoms with E-state index in [0.29, 0.717) is 21.9 Å². The van der Waals surface area contributed by atoms with Gasteiger partial charge >= 0.3 is 0 Å². The molecule has 0 aliphatic heterocycles. The third-order valence-corrected chi connectivity index (χ3v) is 6.54. The Kier molecular flexibility index (Phi) is 5.38. The second-order valence-electron chi connectivity index (χ2n) is 7.90. The van der Waals surface area contributed by atoms with Crippen molar-refractivity contribution < 1.29 is 13.6 Å². The SMILES string of the molecule is Cc1cc(C)n(CCN(C(=O)c2ccc3ccccc3c2)c2nc3c(F)cc(F)cc3s2)n1. The summed E-state index contributed by atoms with van der Waals surface area (Å²) in [7, 11) is 0. The van der Waals surface area contributed by atoms with Crippen molar-refractivity contribution in [2.45, 2.75) is 20.4 Å². The molecule has 0 unspecified atom stereocenters. The van der Waals surface area contributed by atoms with Gasteiger partial charge in [0, 0.05) is 23.9 Å². The summed E-state index contributed by atoms with van der Waals surface area (Å²) in [5.74, 6) is -1.68. The number of anilines is 1. The summed E-state index contributed by atoms with van der Waals surface area (Å²) in [4.78, 5) is 19.5. The van der Waals surface area contributed by atoms with Gasteiger partial charge in [-0.05, 0) is 48.9 Å². The van der Waals surface area contributed by atoms with E-state index < -0.39 is 11.6 Å². The van der Waals surface area contributed by atoms with Gasteiger partial charge in [-0.3, -0.25) is 14.4 Å². The lowest BCUT2D eigenvalue weighted by Crippen LogP contribution is -2.34. The van der Waals surface area contributed by atoms with Crippen LogP contribution in [-0.4, -0.2) is 27.2 Å². The van der Waals surface area contributed by atoms with Crippen LogP contribution in [0.25, 0.3) is 21.0 Å². The maximum Gasteiger partial charge on any atom is 0.260 e. The van der Waals surface area contributed by atoms with Crippen LogP contribution in [0.4, 0.5) is 13.9 Å². The first kappa shape index (κ1) is 21.2. The molecule has 0 bridgehead atoms. The maximum atomic E-state index is 14.3. The summed E-state index contributed by atoms with van der Waals surface area (Å²) >= 11 is 1.09. The number of rotatable bonds is 5. The lowest BCUT2D eigenvalue weighted by atomic mass is 10.1. The summed E-state index contributed by atoms with van der Waals surface area (Å²) in [5, 5.41) is 6.76. The third-order valence-electron chi connectivity index (χ3n) is 5.51.